The number of Topliss-reactive ketones (excluding diaryl/α,β-unsaturated/α-hetero) is 1. The smallest absolute Gasteiger partial charge is 0.342 e. The van der Waals surface area contributed by atoms with Crippen molar-refractivity contribution < 1.29 is 48.3 Å². The molecule has 0 spiro atoms. The number of esters is 1. The van der Waals surface area contributed by atoms with Gasteiger partial charge in [0.15, 0.2) is 11.5 Å². The fourth-order valence-corrected chi connectivity index (χ4v) is 7.03. The van der Waals surface area contributed by atoms with E-state index in [0.717, 1.165) is 24.1 Å². The molecular formula is C41H48N2O10. The molecular weight excluding hydrogens is 680 g/mol. The fourth-order valence-electron chi connectivity index (χ4n) is 7.03. The molecule has 0 bridgehead atoms. The predicted octanol–water partition coefficient (Wildman–Crippen LogP) is 6.22. The van der Waals surface area contributed by atoms with Gasteiger partial charge in [-0.15, -0.1) is 0 Å². The summed E-state index contributed by atoms with van der Waals surface area (Å²) in [6, 6.07) is 12.2. The number of hydrogen-bond donors (Lipinski definition) is 3. The number of nitrogens with one attached hydrogen (secondary N) is 1. The van der Waals surface area contributed by atoms with Crippen LogP contribution in [0.15, 0.2) is 48.5 Å². The number of allylic oxidation sites excluding steroid dienone is 1. The van der Waals surface area contributed by atoms with Gasteiger partial charge < -0.3 is 39.4 Å². The molecule has 12 heteroatoms. The van der Waals surface area contributed by atoms with Crippen LogP contribution in [0.5, 0.6) is 28.7 Å². The standard InChI is InChI=1S/C41H48N2O10/c1-25-12-10-17-29(44)16-7-5-6-14-27-20-32(45)38(39(48)37(27)41(49)53-25)30(28-21-33(50-2)40(52-4)34(22-28)51-3)23-35(46)42-24-36(47)43-19-11-15-26-13-8-9-18-31(26)43/h6,8-9,13-14,18,20-22,25,30,45,48H,5,7,10-12,15-17,19,23-24H2,1-4H3,(H,42,46). The monoisotopic (exact) mass is 728 g/mol. The minimum atomic E-state index is -1.08. The number of ketones is 1. The zero-order chi connectivity index (χ0) is 38.1. The predicted molar refractivity (Wildman–Crippen MR) is 199 cm³/mol. The Morgan fingerprint density at radius 2 is 1.68 bits per heavy atom. The number of carbonyl (C=O) groups is 4. The number of fused-ring (bicyclic) bond motifs is 2. The average molecular weight is 729 g/mol. The molecule has 3 aromatic carbocycles. The Balaban J connectivity index is 1.54. The van der Waals surface area contributed by atoms with Gasteiger partial charge in [0.1, 0.15) is 22.8 Å². The van der Waals surface area contributed by atoms with Crippen molar-refractivity contribution in [1.82, 2.24) is 5.32 Å². The first-order chi connectivity index (χ1) is 25.6. The lowest BCUT2D eigenvalue weighted by atomic mass is 9.84. The number of cyclic esters (lactones) is 1. The van der Waals surface area contributed by atoms with Gasteiger partial charge in [-0.25, -0.2) is 4.79 Å². The number of benzene rings is 3. The number of carbonyl (C=O) groups excluding carboxylic acids is 4. The number of para-hydroxylation sites is 1. The molecule has 2 amide bonds. The highest BCUT2D eigenvalue weighted by atomic mass is 16.5. The van der Waals surface area contributed by atoms with Crippen molar-refractivity contribution in [2.75, 3.05) is 39.3 Å². The molecule has 3 N–H and O–H groups in total. The van der Waals surface area contributed by atoms with E-state index in [4.69, 9.17) is 18.9 Å². The lowest BCUT2D eigenvalue weighted by Gasteiger charge is -2.29. The number of aromatic hydroxyl groups is 2. The topological polar surface area (TPSA) is 161 Å². The lowest BCUT2D eigenvalue weighted by molar-refractivity contribution is -0.125. The number of aryl methyl sites for hydroxylation is 1. The third-order valence-corrected chi connectivity index (χ3v) is 9.73. The highest BCUT2D eigenvalue weighted by Crippen LogP contribution is 2.47. The van der Waals surface area contributed by atoms with E-state index in [0.29, 0.717) is 50.6 Å². The number of phenols is 2. The van der Waals surface area contributed by atoms with Crippen molar-refractivity contribution in [1.29, 1.82) is 0 Å². The Bertz CT molecular complexity index is 1840. The van der Waals surface area contributed by atoms with Gasteiger partial charge in [0.2, 0.25) is 17.6 Å². The maximum atomic E-state index is 13.8. The van der Waals surface area contributed by atoms with Gasteiger partial charge in [-0.1, -0.05) is 30.4 Å². The van der Waals surface area contributed by atoms with E-state index < -0.39 is 29.6 Å². The number of methoxy groups -OCH3 is 3. The minimum absolute atomic E-state index is 0.103. The van der Waals surface area contributed by atoms with Crippen molar-refractivity contribution in [3.8, 4) is 28.7 Å². The molecule has 0 fully saturated rings. The summed E-state index contributed by atoms with van der Waals surface area (Å²) >= 11 is 0. The van der Waals surface area contributed by atoms with Gasteiger partial charge in [0.25, 0.3) is 0 Å². The van der Waals surface area contributed by atoms with Crippen LogP contribution in [0, 0.1) is 0 Å². The van der Waals surface area contributed by atoms with Crippen molar-refractivity contribution in [2.45, 2.75) is 76.7 Å². The van der Waals surface area contributed by atoms with Crippen LogP contribution < -0.4 is 24.4 Å². The first kappa shape index (κ1) is 38.7. The largest absolute Gasteiger partial charge is 0.507 e. The van der Waals surface area contributed by atoms with Crippen LogP contribution in [0.4, 0.5) is 5.69 Å². The molecule has 2 atom stereocenters. The van der Waals surface area contributed by atoms with E-state index in [1.54, 1.807) is 36.1 Å². The summed E-state index contributed by atoms with van der Waals surface area (Å²) in [5, 5.41) is 26.3. The summed E-state index contributed by atoms with van der Waals surface area (Å²) in [6.45, 7) is 1.96. The number of amides is 2. The molecule has 2 unspecified atom stereocenters. The average Bonchev–Trinajstić information content (AvgIpc) is 3.14. The third kappa shape index (κ3) is 9.11. The summed E-state index contributed by atoms with van der Waals surface area (Å²) < 4.78 is 22.4. The number of hydrogen-bond acceptors (Lipinski definition) is 10. The molecule has 0 aliphatic carbocycles. The number of nitrogens with zero attached hydrogens (tertiary/aromatic N) is 1. The first-order valence-electron chi connectivity index (χ1n) is 18.0. The second-order valence-corrected chi connectivity index (χ2v) is 13.3. The number of anilines is 1. The lowest BCUT2D eigenvalue weighted by Crippen LogP contribution is -2.42. The zero-order valence-electron chi connectivity index (χ0n) is 30.7. The highest BCUT2D eigenvalue weighted by Gasteiger charge is 2.33. The maximum Gasteiger partial charge on any atom is 0.342 e. The highest BCUT2D eigenvalue weighted by molar-refractivity contribution is 5.99. The van der Waals surface area contributed by atoms with Crippen LogP contribution in [-0.2, 0) is 25.5 Å². The Morgan fingerprint density at radius 3 is 2.40 bits per heavy atom. The molecule has 0 saturated carbocycles. The molecule has 2 heterocycles. The van der Waals surface area contributed by atoms with Crippen molar-refractivity contribution >= 4 is 35.3 Å². The van der Waals surface area contributed by atoms with E-state index in [2.05, 4.69) is 5.32 Å². The summed E-state index contributed by atoms with van der Waals surface area (Å²) in [6.07, 6.45) is 7.09. The molecule has 3 aromatic rings. The minimum Gasteiger partial charge on any atom is -0.507 e. The summed E-state index contributed by atoms with van der Waals surface area (Å²) in [4.78, 5) is 54.8. The van der Waals surface area contributed by atoms with Crippen LogP contribution in [0.3, 0.4) is 0 Å². The Labute approximate surface area is 309 Å². The van der Waals surface area contributed by atoms with Crippen LogP contribution >= 0.6 is 0 Å². The van der Waals surface area contributed by atoms with Gasteiger partial charge in [0, 0.05) is 43.0 Å². The van der Waals surface area contributed by atoms with Gasteiger partial charge in [-0.3, -0.25) is 14.4 Å². The molecule has 12 nitrogen and oxygen atoms in total. The molecule has 2 aliphatic heterocycles. The van der Waals surface area contributed by atoms with Crippen molar-refractivity contribution in [2.24, 2.45) is 0 Å². The molecule has 282 valence electrons. The Morgan fingerprint density at radius 1 is 0.962 bits per heavy atom. The molecule has 0 radical (unpaired) electrons. The fraction of sp³-hybridized carbons (Fsp3) is 0.415. The first-order valence-corrected chi connectivity index (χ1v) is 18.0. The van der Waals surface area contributed by atoms with Gasteiger partial charge in [-0.2, -0.15) is 0 Å². The second-order valence-electron chi connectivity index (χ2n) is 13.3. The molecule has 0 saturated heterocycles. The Hall–Kier alpha value is -5.52. The Kier molecular flexibility index (Phi) is 13.0. The summed E-state index contributed by atoms with van der Waals surface area (Å²) in [7, 11) is 4.33. The van der Waals surface area contributed by atoms with Crippen LogP contribution in [0.1, 0.15) is 96.8 Å². The van der Waals surface area contributed by atoms with E-state index in [-0.39, 0.29) is 64.3 Å². The normalized spacial score (nSPS) is 17.1. The quantitative estimate of drug-likeness (QED) is 0.216. The second kappa shape index (κ2) is 17.8. The van der Waals surface area contributed by atoms with E-state index in [9.17, 15) is 29.4 Å². The number of ether oxygens (including phenoxy) is 4. The molecule has 53 heavy (non-hydrogen) atoms. The van der Waals surface area contributed by atoms with Gasteiger partial charge >= 0.3 is 5.97 Å². The van der Waals surface area contributed by atoms with Gasteiger partial charge in [-0.05, 0) is 86.4 Å². The van der Waals surface area contributed by atoms with Crippen molar-refractivity contribution in [3.63, 3.8) is 0 Å². The van der Waals surface area contributed by atoms with E-state index >= 15 is 0 Å². The third-order valence-electron chi connectivity index (χ3n) is 9.73. The van der Waals surface area contributed by atoms with Crippen LogP contribution in [0.25, 0.3) is 6.08 Å². The van der Waals surface area contributed by atoms with Crippen LogP contribution in [0.2, 0.25) is 0 Å². The number of phenolic OH excluding ortho intramolecular Hbond substituents is 2. The zero-order valence-corrected chi connectivity index (χ0v) is 30.7. The van der Waals surface area contributed by atoms with E-state index in [1.165, 1.54) is 27.4 Å². The summed E-state index contributed by atoms with van der Waals surface area (Å²) in [5.74, 6) is -2.70. The van der Waals surface area contributed by atoms with Gasteiger partial charge in [0.05, 0.1) is 34.0 Å². The molecule has 5 rings (SSSR count). The SMILES string of the molecule is COc1cc(C(CC(=O)NCC(=O)N2CCCc3ccccc32)c2c(O)cc3c(c2O)C(=O)OC(C)CCCC(=O)CCCC=C3)cc(OC)c1OC. The van der Waals surface area contributed by atoms with Crippen LogP contribution in [-0.4, -0.2) is 74.3 Å². The molecule has 2 aliphatic rings. The number of rotatable bonds is 9. The van der Waals surface area contributed by atoms with Crippen molar-refractivity contribution in [3.05, 3.63) is 76.4 Å². The molecule has 0 aromatic heterocycles. The van der Waals surface area contributed by atoms with E-state index in [1.807, 2.05) is 24.3 Å². The maximum absolute atomic E-state index is 13.8. The summed E-state index contributed by atoms with van der Waals surface area (Å²) in [5.41, 5.74) is 2.20.